The number of aliphatic hydroxyl groups is 1. The van der Waals surface area contributed by atoms with Gasteiger partial charge in [-0.25, -0.2) is 4.39 Å². The highest BCUT2D eigenvalue weighted by molar-refractivity contribution is 5.81. The number of benzene rings is 2. The third kappa shape index (κ3) is 4.74. The molecule has 3 rings (SSSR count). The zero-order chi connectivity index (χ0) is 21.0. The molecular weight excluding hydrogens is 377 g/mol. The Morgan fingerprint density at radius 2 is 1.97 bits per heavy atom. The molecule has 1 heterocycles. The van der Waals surface area contributed by atoms with Crippen LogP contribution in [-0.4, -0.2) is 52.8 Å². The van der Waals surface area contributed by atoms with Gasteiger partial charge in [0.2, 0.25) is 0 Å². The van der Waals surface area contributed by atoms with E-state index in [1.807, 2.05) is 19.1 Å². The summed E-state index contributed by atoms with van der Waals surface area (Å²) in [7, 11) is 0. The molecule has 7 heteroatoms. The molecule has 0 bridgehead atoms. The van der Waals surface area contributed by atoms with Crippen molar-refractivity contribution in [2.45, 2.75) is 25.9 Å². The number of halogens is 1. The molecule has 1 aliphatic rings. The van der Waals surface area contributed by atoms with Crippen LogP contribution in [0.2, 0.25) is 0 Å². The smallest absolute Gasteiger partial charge is 0.314 e. The van der Waals surface area contributed by atoms with E-state index in [-0.39, 0.29) is 38.4 Å². The van der Waals surface area contributed by atoms with Crippen molar-refractivity contribution >= 4 is 11.9 Å². The number of carbonyl (C=O) groups excluding carboxylic acids is 1. The minimum absolute atomic E-state index is 0.0795. The minimum atomic E-state index is -1.61. The van der Waals surface area contributed by atoms with Gasteiger partial charge in [0.25, 0.3) is 5.91 Å². The molecule has 6 nitrogen and oxygen atoms in total. The van der Waals surface area contributed by atoms with Gasteiger partial charge in [0, 0.05) is 13.1 Å². The van der Waals surface area contributed by atoms with E-state index in [4.69, 9.17) is 4.74 Å². The first-order valence-electron chi connectivity index (χ1n) is 9.43. The van der Waals surface area contributed by atoms with Crippen LogP contribution in [0.25, 0.3) is 0 Å². The molecule has 154 valence electrons. The molecule has 2 aromatic rings. The van der Waals surface area contributed by atoms with Crippen molar-refractivity contribution in [3.05, 3.63) is 65.5 Å². The number of nitrogens with zero attached hydrogens (tertiary/aromatic N) is 1. The number of ether oxygens (including phenoxy) is 1. The van der Waals surface area contributed by atoms with Crippen LogP contribution in [-0.2, 0) is 16.0 Å². The molecule has 0 aliphatic carbocycles. The van der Waals surface area contributed by atoms with E-state index < -0.39 is 23.3 Å². The summed E-state index contributed by atoms with van der Waals surface area (Å²) in [5.41, 5.74) is -0.0834. The van der Waals surface area contributed by atoms with Gasteiger partial charge in [-0.1, -0.05) is 29.8 Å². The molecule has 0 radical (unpaired) electrons. The average molecular weight is 401 g/mol. The number of rotatable bonds is 6. The molecular formula is C22H24FNO5. The number of aryl methyl sites for hydroxylation is 1. The number of carboxylic acid groups (broad SMARTS) is 1. The zero-order valence-corrected chi connectivity index (χ0v) is 16.2. The molecule has 0 unspecified atom stereocenters. The molecule has 2 atom stereocenters. The molecule has 1 amide bonds. The predicted molar refractivity (Wildman–Crippen MR) is 104 cm³/mol. The van der Waals surface area contributed by atoms with E-state index in [0.717, 1.165) is 5.56 Å². The Morgan fingerprint density at radius 3 is 2.62 bits per heavy atom. The van der Waals surface area contributed by atoms with Crippen LogP contribution in [0.1, 0.15) is 17.5 Å². The van der Waals surface area contributed by atoms with Gasteiger partial charge in [-0.2, -0.15) is 0 Å². The number of piperidine rings is 1. The first kappa shape index (κ1) is 20.8. The van der Waals surface area contributed by atoms with Crippen molar-refractivity contribution in [3.63, 3.8) is 0 Å². The number of amides is 1. The Morgan fingerprint density at radius 1 is 1.24 bits per heavy atom. The fraction of sp³-hybridized carbons (Fsp3) is 0.364. The Balaban J connectivity index is 1.73. The summed E-state index contributed by atoms with van der Waals surface area (Å²) in [5.74, 6) is -1.51. The van der Waals surface area contributed by atoms with Gasteiger partial charge in [-0.15, -0.1) is 0 Å². The van der Waals surface area contributed by atoms with Crippen LogP contribution in [0, 0.1) is 18.2 Å². The van der Waals surface area contributed by atoms with Crippen molar-refractivity contribution in [2.24, 2.45) is 5.41 Å². The highest BCUT2D eigenvalue weighted by atomic mass is 19.1. The van der Waals surface area contributed by atoms with E-state index in [9.17, 15) is 24.2 Å². The topological polar surface area (TPSA) is 87.1 Å². The van der Waals surface area contributed by atoms with Gasteiger partial charge in [-0.05, 0) is 49.6 Å². The number of carbonyl (C=O) groups is 2. The van der Waals surface area contributed by atoms with Crippen molar-refractivity contribution in [2.75, 3.05) is 19.7 Å². The number of aliphatic hydroxyl groups excluding tert-OH is 1. The van der Waals surface area contributed by atoms with Crippen molar-refractivity contribution < 1.29 is 28.9 Å². The van der Waals surface area contributed by atoms with Gasteiger partial charge in [0.1, 0.15) is 17.0 Å². The maximum Gasteiger partial charge on any atom is 0.314 e. The van der Waals surface area contributed by atoms with Crippen LogP contribution in [0.5, 0.6) is 5.75 Å². The average Bonchev–Trinajstić information content (AvgIpc) is 2.69. The second-order valence-corrected chi connectivity index (χ2v) is 7.49. The Hall–Kier alpha value is -2.93. The molecule has 1 fully saturated rings. The van der Waals surface area contributed by atoms with Crippen LogP contribution >= 0.6 is 0 Å². The Kier molecular flexibility index (Phi) is 6.17. The van der Waals surface area contributed by atoms with E-state index in [2.05, 4.69) is 0 Å². The lowest BCUT2D eigenvalue weighted by atomic mass is 9.73. The number of likely N-dealkylation sites (tertiary alicyclic amines) is 1. The first-order valence-corrected chi connectivity index (χ1v) is 9.43. The molecule has 2 aromatic carbocycles. The summed E-state index contributed by atoms with van der Waals surface area (Å²) in [4.78, 5) is 26.2. The standard InChI is InChI=1S/C22H24FNO5/c1-15-5-7-18(8-6-15)29-13-20(26)24-10-9-19(25)22(14-24,21(27)28)12-16-3-2-4-17(23)11-16/h2-8,11,19,25H,9-10,12-14H2,1H3,(H,27,28)/t19-,22-/m1/s1. The molecule has 2 N–H and O–H groups in total. The quantitative estimate of drug-likeness (QED) is 0.776. The van der Waals surface area contributed by atoms with Gasteiger partial charge >= 0.3 is 5.97 Å². The second-order valence-electron chi connectivity index (χ2n) is 7.49. The maximum atomic E-state index is 13.5. The summed E-state index contributed by atoms with van der Waals surface area (Å²) >= 11 is 0. The normalized spacial score (nSPS) is 21.6. The Bertz CT molecular complexity index is 885. The molecule has 0 spiro atoms. The highest BCUT2D eigenvalue weighted by Crippen LogP contribution is 2.35. The van der Waals surface area contributed by atoms with E-state index >= 15 is 0 Å². The Labute approximate surface area is 168 Å². The maximum absolute atomic E-state index is 13.5. The lowest BCUT2D eigenvalue weighted by Crippen LogP contribution is -2.58. The summed E-state index contributed by atoms with van der Waals surface area (Å²) in [5, 5.41) is 20.4. The molecule has 1 saturated heterocycles. The number of aliphatic carboxylic acids is 1. The largest absolute Gasteiger partial charge is 0.484 e. The van der Waals surface area contributed by atoms with Gasteiger partial charge in [-0.3, -0.25) is 9.59 Å². The predicted octanol–water partition coefficient (Wildman–Crippen LogP) is 2.42. The van der Waals surface area contributed by atoms with Crippen molar-refractivity contribution in [1.82, 2.24) is 4.90 Å². The molecule has 0 saturated carbocycles. The van der Waals surface area contributed by atoms with Crippen molar-refractivity contribution in [3.8, 4) is 5.75 Å². The summed E-state index contributed by atoms with van der Waals surface area (Å²) in [6, 6.07) is 12.9. The van der Waals surface area contributed by atoms with Gasteiger partial charge in [0.15, 0.2) is 6.61 Å². The third-order valence-electron chi connectivity index (χ3n) is 5.35. The van der Waals surface area contributed by atoms with Crippen LogP contribution in [0.4, 0.5) is 4.39 Å². The van der Waals surface area contributed by atoms with Crippen LogP contribution in [0.3, 0.4) is 0 Å². The lowest BCUT2D eigenvalue weighted by Gasteiger charge is -2.43. The SMILES string of the molecule is Cc1ccc(OCC(=O)N2CC[C@@H](O)[C@](Cc3cccc(F)c3)(C(=O)O)C2)cc1. The van der Waals surface area contributed by atoms with Crippen molar-refractivity contribution in [1.29, 1.82) is 0 Å². The molecule has 1 aliphatic heterocycles. The number of carboxylic acids is 1. The molecule has 0 aromatic heterocycles. The van der Waals surface area contributed by atoms with E-state index in [1.54, 1.807) is 18.2 Å². The van der Waals surface area contributed by atoms with E-state index in [0.29, 0.717) is 11.3 Å². The number of hydrogen-bond donors (Lipinski definition) is 2. The first-order chi connectivity index (χ1) is 13.8. The van der Waals surface area contributed by atoms with E-state index in [1.165, 1.54) is 23.1 Å². The van der Waals surface area contributed by atoms with Gasteiger partial charge in [0.05, 0.1) is 6.10 Å². The summed E-state index contributed by atoms with van der Waals surface area (Å²) < 4.78 is 19.1. The minimum Gasteiger partial charge on any atom is -0.484 e. The fourth-order valence-corrected chi connectivity index (χ4v) is 3.63. The fourth-order valence-electron chi connectivity index (χ4n) is 3.63. The summed E-state index contributed by atoms with van der Waals surface area (Å²) in [6.45, 7) is 1.78. The van der Waals surface area contributed by atoms with Crippen LogP contribution in [0.15, 0.2) is 48.5 Å². The van der Waals surface area contributed by atoms with Gasteiger partial charge < -0.3 is 19.8 Å². The lowest BCUT2D eigenvalue weighted by molar-refractivity contribution is -0.166. The highest BCUT2D eigenvalue weighted by Gasteiger charge is 2.50. The third-order valence-corrected chi connectivity index (χ3v) is 5.35. The monoisotopic (exact) mass is 401 g/mol. The molecule has 29 heavy (non-hydrogen) atoms. The number of hydrogen-bond acceptors (Lipinski definition) is 4. The zero-order valence-electron chi connectivity index (χ0n) is 16.2. The second kappa shape index (κ2) is 8.61. The van der Waals surface area contributed by atoms with Crippen LogP contribution < -0.4 is 4.74 Å². The summed E-state index contributed by atoms with van der Waals surface area (Å²) in [6.07, 6.45) is -1.10.